The van der Waals surface area contributed by atoms with Gasteiger partial charge in [-0.1, -0.05) is 0 Å². The van der Waals surface area contributed by atoms with Crippen molar-refractivity contribution in [1.82, 2.24) is 9.80 Å². The standard InChI is InChI=1S/C11H16N2O5/c1-7(14)12-9(4-5-18-3)6-10(16)13(8(2)15)11(12)17/h9H,4-6H2,1-3H3. The van der Waals surface area contributed by atoms with E-state index in [1.54, 1.807) is 0 Å². The first kappa shape index (κ1) is 14.3. The van der Waals surface area contributed by atoms with E-state index in [0.717, 1.165) is 11.8 Å². The van der Waals surface area contributed by atoms with E-state index in [9.17, 15) is 19.2 Å². The maximum atomic E-state index is 11.9. The average Bonchev–Trinajstić information content (AvgIpc) is 2.24. The Bertz CT molecular complexity index is 393. The highest BCUT2D eigenvalue weighted by Gasteiger charge is 2.42. The van der Waals surface area contributed by atoms with Gasteiger partial charge in [-0.2, -0.15) is 4.90 Å². The smallest absolute Gasteiger partial charge is 0.340 e. The maximum absolute atomic E-state index is 11.9. The highest BCUT2D eigenvalue weighted by Crippen LogP contribution is 2.20. The Morgan fingerprint density at radius 3 is 2.33 bits per heavy atom. The third-order valence-corrected chi connectivity index (χ3v) is 2.73. The minimum atomic E-state index is -0.868. The van der Waals surface area contributed by atoms with Crippen molar-refractivity contribution in [3.05, 3.63) is 0 Å². The zero-order chi connectivity index (χ0) is 13.9. The molecule has 0 aromatic carbocycles. The molecule has 1 atom stereocenters. The quantitative estimate of drug-likeness (QED) is 0.717. The van der Waals surface area contributed by atoms with Gasteiger partial charge in [-0.3, -0.25) is 19.3 Å². The fourth-order valence-electron chi connectivity index (χ4n) is 1.94. The van der Waals surface area contributed by atoms with Crippen LogP contribution < -0.4 is 0 Å². The van der Waals surface area contributed by atoms with E-state index in [-0.39, 0.29) is 6.42 Å². The molecule has 0 saturated carbocycles. The molecule has 7 nitrogen and oxygen atoms in total. The van der Waals surface area contributed by atoms with Gasteiger partial charge >= 0.3 is 6.03 Å². The van der Waals surface area contributed by atoms with Crippen LogP contribution in [0.1, 0.15) is 26.7 Å². The molecule has 100 valence electrons. The number of amides is 5. The molecule has 7 heteroatoms. The van der Waals surface area contributed by atoms with Crippen LogP contribution in [-0.4, -0.2) is 53.3 Å². The molecule has 1 aliphatic rings. The molecular formula is C11H16N2O5. The summed E-state index contributed by atoms with van der Waals surface area (Å²) < 4.78 is 4.88. The number of urea groups is 1. The lowest BCUT2D eigenvalue weighted by Crippen LogP contribution is -2.59. The summed E-state index contributed by atoms with van der Waals surface area (Å²) >= 11 is 0. The second-order valence-electron chi connectivity index (χ2n) is 4.06. The number of carbonyl (C=O) groups excluding carboxylic acids is 4. The summed E-state index contributed by atoms with van der Waals surface area (Å²) in [4.78, 5) is 47.8. The molecule has 1 saturated heterocycles. The van der Waals surface area contributed by atoms with Crippen molar-refractivity contribution >= 4 is 23.8 Å². The van der Waals surface area contributed by atoms with Gasteiger partial charge in [-0.05, 0) is 6.42 Å². The van der Waals surface area contributed by atoms with Gasteiger partial charge in [0, 0.05) is 34.0 Å². The fourth-order valence-corrected chi connectivity index (χ4v) is 1.94. The van der Waals surface area contributed by atoms with Gasteiger partial charge in [-0.25, -0.2) is 4.79 Å². The first-order valence-electron chi connectivity index (χ1n) is 5.56. The SMILES string of the molecule is COCCC1CC(=O)N(C(C)=O)C(=O)N1C(C)=O. The van der Waals surface area contributed by atoms with Gasteiger partial charge in [0.05, 0.1) is 6.04 Å². The third kappa shape index (κ3) is 2.73. The number of nitrogens with zero attached hydrogens (tertiary/aromatic N) is 2. The molecular weight excluding hydrogens is 240 g/mol. The summed E-state index contributed by atoms with van der Waals surface area (Å²) in [5, 5.41) is 0. The van der Waals surface area contributed by atoms with Crippen molar-refractivity contribution in [1.29, 1.82) is 0 Å². The molecule has 0 spiro atoms. The zero-order valence-corrected chi connectivity index (χ0v) is 10.6. The van der Waals surface area contributed by atoms with E-state index in [4.69, 9.17) is 4.74 Å². The number of rotatable bonds is 3. The van der Waals surface area contributed by atoms with E-state index in [1.807, 2.05) is 0 Å². The van der Waals surface area contributed by atoms with Gasteiger partial charge in [0.25, 0.3) is 0 Å². The lowest BCUT2D eigenvalue weighted by molar-refractivity contribution is -0.145. The van der Waals surface area contributed by atoms with Crippen LogP contribution in [-0.2, 0) is 19.1 Å². The van der Waals surface area contributed by atoms with Crippen molar-refractivity contribution in [2.45, 2.75) is 32.7 Å². The molecule has 0 bridgehead atoms. The number of ether oxygens (including phenoxy) is 1. The van der Waals surface area contributed by atoms with E-state index >= 15 is 0 Å². The van der Waals surface area contributed by atoms with Crippen LogP contribution >= 0.6 is 0 Å². The molecule has 0 radical (unpaired) electrons. The molecule has 0 aromatic heterocycles. The average molecular weight is 256 g/mol. The highest BCUT2D eigenvalue weighted by molar-refractivity contribution is 6.14. The Morgan fingerprint density at radius 2 is 1.89 bits per heavy atom. The first-order valence-corrected chi connectivity index (χ1v) is 5.56. The summed E-state index contributed by atoms with van der Waals surface area (Å²) in [5.41, 5.74) is 0. The van der Waals surface area contributed by atoms with Crippen LogP contribution in [0, 0.1) is 0 Å². The Morgan fingerprint density at radius 1 is 1.28 bits per heavy atom. The molecule has 1 heterocycles. The summed E-state index contributed by atoms with van der Waals surface area (Å²) in [5.74, 6) is -1.74. The van der Waals surface area contributed by atoms with Gasteiger partial charge in [-0.15, -0.1) is 0 Å². The van der Waals surface area contributed by atoms with Crippen LogP contribution in [0.3, 0.4) is 0 Å². The number of hydrogen-bond acceptors (Lipinski definition) is 5. The first-order chi connectivity index (χ1) is 8.40. The Labute approximate surface area is 105 Å². The summed E-state index contributed by atoms with van der Waals surface area (Å²) in [6, 6.07) is -1.41. The van der Waals surface area contributed by atoms with Crippen LogP contribution in [0.25, 0.3) is 0 Å². The van der Waals surface area contributed by atoms with E-state index < -0.39 is 29.8 Å². The number of hydrogen-bond donors (Lipinski definition) is 0. The maximum Gasteiger partial charge on any atom is 0.340 e. The second kappa shape index (κ2) is 5.72. The molecule has 1 unspecified atom stereocenters. The van der Waals surface area contributed by atoms with Crippen LogP contribution in [0.5, 0.6) is 0 Å². The number of imide groups is 4. The molecule has 18 heavy (non-hydrogen) atoms. The Balaban J connectivity index is 2.97. The van der Waals surface area contributed by atoms with Crippen LogP contribution in [0.2, 0.25) is 0 Å². The van der Waals surface area contributed by atoms with Crippen molar-refractivity contribution in [2.75, 3.05) is 13.7 Å². The molecule has 0 aromatic rings. The predicted octanol–water partition coefficient (Wildman–Crippen LogP) is 0.139. The molecule has 0 N–H and O–H groups in total. The molecule has 1 fully saturated rings. The molecule has 1 rings (SSSR count). The van der Waals surface area contributed by atoms with Crippen molar-refractivity contribution < 1.29 is 23.9 Å². The van der Waals surface area contributed by atoms with Gasteiger partial charge in [0.15, 0.2) is 0 Å². The summed E-state index contributed by atoms with van der Waals surface area (Å²) in [6.07, 6.45) is 0.327. The Hall–Kier alpha value is -1.76. The Kier molecular flexibility index (Phi) is 4.55. The monoisotopic (exact) mass is 256 g/mol. The fraction of sp³-hybridized carbons (Fsp3) is 0.636. The van der Waals surface area contributed by atoms with E-state index in [0.29, 0.717) is 17.9 Å². The molecule has 1 aliphatic heterocycles. The molecule has 0 aliphatic carbocycles. The molecule has 5 amide bonds. The second-order valence-corrected chi connectivity index (χ2v) is 4.06. The lowest BCUT2D eigenvalue weighted by Gasteiger charge is -2.36. The van der Waals surface area contributed by atoms with Crippen molar-refractivity contribution in [3.63, 3.8) is 0 Å². The van der Waals surface area contributed by atoms with Gasteiger partial charge in [0.2, 0.25) is 17.7 Å². The van der Waals surface area contributed by atoms with Crippen LogP contribution in [0.15, 0.2) is 0 Å². The predicted molar refractivity (Wildman–Crippen MR) is 60.3 cm³/mol. The summed E-state index contributed by atoms with van der Waals surface area (Å²) in [7, 11) is 1.49. The van der Waals surface area contributed by atoms with E-state index in [1.165, 1.54) is 14.0 Å². The van der Waals surface area contributed by atoms with Gasteiger partial charge < -0.3 is 4.74 Å². The minimum absolute atomic E-state index is 0.0474. The largest absolute Gasteiger partial charge is 0.385 e. The number of carbonyl (C=O) groups is 4. The lowest BCUT2D eigenvalue weighted by atomic mass is 10.1. The third-order valence-electron chi connectivity index (χ3n) is 2.73. The number of methoxy groups -OCH3 is 1. The highest BCUT2D eigenvalue weighted by atomic mass is 16.5. The van der Waals surface area contributed by atoms with Crippen molar-refractivity contribution in [3.8, 4) is 0 Å². The van der Waals surface area contributed by atoms with Crippen molar-refractivity contribution in [2.24, 2.45) is 0 Å². The minimum Gasteiger partial charge on any atom is -0.385 e. The normalized spacial score (nSPS) is 20.3. The van der Waals surface area contributed by atoms with Crippen LogP contribution in [0.4, 0.5) is 4.79 Å². The van der Waals surface area contributed by atoms with Gasteiger partial charge in [0.1, 0.15) is 0 Å². The summed E-state index contributed by atoms with van der Waals surface area (Å²) in [6.45, 7) is 2.67. The zero-order valence-electron chi connectivity index (χ0n) is 10.6. The van der Waals surface area contributed by atoms with E-state index in [2.05, 4.69) is 0 Å². The topological polar surface area (TPSA) is 84.0 Å².